The summed E-state index contributed by atoms with van der Waals surface area (Å²) in [7, 11) is 0. The minimum atomic E-state index is -0.745. The molecule has 100 valence electrons. The number of nitrogens with one attached hydrogen (secondary N) is 1. The molecule has 0 saturated heterocycles. The van der Waals surface area contributed by atoms with E-state index in [1.54, 1.807) is 11.3 Å². The summed E-state index contributed by atoms with van der Waals surface area (Å²) in [6, 6.07) is 2.07. The summed E-state index contributed by atoms with van der Waals surface area (Å²) in [5.41, 5.74) is 0.515. The van der Waals surface area contributed by atoms with Crippen molar-refractivity contribution in [2.24, 2.45) is 0 Å². The Bertz CT molecular complexity index is 369. The molecule has 1 heterocycles. The van der Waals surface area contributed by atoms with Gasteiger partial charge in [0.25, 0.3) is 0 Å². The predicted octanol–water partition coefficient (Wildman–Crippen LogP) is 2.49. The first kappa shape index (κ1) is 13.6. The van der Waals surface area contributed by atoms with Crippen molar-refractivity contribution < 1.29 is 9.90 Å². The molecular weight excluding hydrogens is 246 g/mol. The van der Waals surface area contributed by atoms with Crippen molar-refractivity contribution in [3.63, 3.8) is 0 Å². The standard InChI is InChI=1S/C14H21NO2S/c16-13(10-14(17)6-2-1-3-7-14)15-8-4-12-5-9-18-11-12/h5,9,11,17H,1-4,6-8,10H2,(H,15,16). The average molecular weight is 267 g/mol. The van der Waals surface area contributed by atoms with Gasteiger partial charge in [0.1, 0.15) is 0 Å². The Morgan fingerprint density at radius 1 is 1.39 bits per heavy atom. The van der Waals surface area contributed by atoms with Gasteiger partial charge in [-0.15, -0.1) is 0 Å². The maximum absolute atomic E-state index is 11.8. The summed E-state index contributed by atoms with van der Waals surface area (Å²) in [5.74, 6) is -0.0189. The molecular formula is C14H21NO2S. The van der Waals surface area contributed by atoms with Crippen LogP contribution in [-0.4, -0.2) is 23.2 Å². The fourth-order valence-electron chi connectivity index (χ4n) is 2.53. The first-order valence-electron chi connectivity index (χ1n) is 6.68. The fourth-order valence-corrected chi connectivity index (χ4v) is 3.23. The third-order valence-corrected chi connectivity index (χ3v) is 4.32. The second-order valence-electron chi connectivity index (χ2n) is 5.19. The topological polar surface area (TPSA) is 49.3 Å². The second kappa shape index (κ2) is 6.34. The Balaban J connectivity index is 1.68. The van der Waals surface area contributed by atoms with E-state index in [-0.39, 0.29) is 12.3 Å². The van der Waals surface area contributed by atoms with Gasteiger partial charge in [0.05, 0.1) is 12.0 Å². The van der Waals surface area contributed by atoms with Crippen LogP contribution in [0.3, 0.4) is 0 Å². The molecule has 0 radical (unpaired) electrons. The van der Waals surface area contributed by atoms with Gasteiger partial charge in [0, 0.05) is 6.54 Å². The van der Waals surface area contributed by atoms with Crippen molar-refractivity contribution in [1.29, 1.82) is 0 Å². The molecule has 0 aliphatic heterocycles. The van der Waals surface area contributed by atoms with Crippen molar-refractivity contribution in [1.82, 2.24) is 5.32 Å². The quantitative estimate of drug-likeness (QED) is 0.861. The Hall–Kier alpha value is -0.870. The van der Waals surface area contributed by atoms with E-state index < -0.39 is 5.60 Å². The van der Waals surface area contributed by atoms with E-state index in [4.69, 9.17) is 0 Å². The molecule has 0 unspecified atom stereocenters. The molecule has 1 amide bonds. The lowest BCUT2D eigenvalue weighted by Gasteiger charge is -2.31. The molecule has 1 aromatic heterocycles. The number of rotatable bonds is 5. The van der Waals surface area contributed by atoms with Gasteiger partial charge >= 0.3 is 0 Å². The normalized spacial score (nSPS) is 18.5. The molecule has 2 N–H and O–H groups in total. The highest BCUT2D eigenvalue weighted by Gasteiger charge is 2.31. The van der Waals surface area contributed by atoms with Crippen LogP contribution in [0, 0.1) is 0 Å². The Kier molecular flexibility index (Phi) is 4.78. The molecule has 18 heavy (non-hydrogen) atoms. The zero-order valence-electron chi connectivity index (χ0n) is 10.7. The fraction of sp³-hybridized carbons (Fsp3) is 0.643. The van der Waals surface area contributed by atoms with Gasteiger partial charge in [-0.1, -0.05) is 19.3 Å². The largest absolute Gasteiger partial charge is 0.389 e. The van der Waals surface area contributed by atoms with Crippen molar-refractivity contribution in [2.75, 3.05) is 6.54 Å². The summed E-state index contributed by atoms with van der Waals surface area (Å²) < 4.78 is 0. The Labute approximate surface area is 112 Å². The lowest BCUT2D eigenvalue weighted by Crippen LogP contribution is -2.38. The lowest BCUT2D eigenvalue weighted by atomic mass is 9.82. The molecule has 1 fully saturated rings. The summed E-state index contributed by atoms with van der Waals surface area (Å²) >= 11 is 1.67. The molecule has 1 saturated carbocycles. The third kappa shape index (κ3) is 4.10. The van der Waals surface area contributed by atoms with Gasteiger partial charge in [-0.2, -0.15) is 11.3 Å². The number of thiophene rings is 1. The first-order valence-corrected chi connectivity index (χ1v) is 7.62. The van der Waals surface area contributed by atoms with Crippen LogP contribution >= 0.6 is 11.3 Å². The number of aliphatic hydroxyl groups is 1. The van der Waals surface area contributed by atoms with Crippen molar-refractivity contribution in [3.05, 3.63) is 22.4 Å². The molecule has 0 spiro atoms. The molecule has 2 rings (SSSR count). The van der Waals surface area contributed by atoms with Gasteiger partial charge in [-0.05, 0) is 41.7 Å². The molecule has 1 aromatic rings. The highest BCUT2D eigenvalue weighted by molar-refractivity contribution is 7.07. The molecule has 1 aliphatic carbocycles. The molecule has 0 bridgehead atoms. The van der Waals surface area contributed by atoms with Crippen LogP contribution in [0.2, 0.25) is 0 Å². The van der Waals surface area contributed by atoms with E-state index in [9.17, 15) is 9.90 Å². The second-order valence-corrected chi connectivity index (χ2v) is 5.97. The number of amides is 1. The number of carbonyl (C=O) groups excluding carboxylic acids is 1. The highest BCUT2D eigenvalue weighted by Crippen LogP contribution is 2.30. The number of hydrogen-bond donors (Lipinski definition) is 2. The summed E-state index contributed by atoms with van der Waals surface area (Å²) in [6.07, 6.45) is 5.93. The molecule has 3 nitrogen and oxygen atoms in total. The van der Waals surface area contributed by atoms with Crippen LogP contribution in [0.1, 0.15) is 44.1 Å². The lowest BCUT2D eigenvalue weighted by molar-refractivity contribution is -0.127. The summed E-state index contributed by atoms with van der Waals surface area (Å²) in [6.45, 7) is 0.658. The smallest absolute Gasteiger partial charge is 0.222 e. The van der Waals surface area contributed by atoms with E-state index in [1.165, 1.54) is 12.0 Å². The number of hydrogen-bond acceptors (Lipinski definition) is 3. The van der Waals surface area contributed by atoms with Crippen LogP contribution in [0.5, 0.6) is 0 Å². The predicted molar refractivity (Wildman–Crippen MR) is 73.7 cm³/mol. The zero-order valence-corrected chi connectivity index (χ0v) is 11.5. The van der Waals surface area contributed by atoms with E-state index in [0.29, 0.717) is 6.54 Å². The maximum Gasteiger partial charge on any atom is 0.222 e. The van der Waals surface area contributed by atoms with Crippen LogP contribution in [0.25, 0.3) is 0 Å². The van der Waals surface area contributed by atoms with Crippen molar-refractivity contribution >= 4 is 17.2 Å². The minimum absolute atomic E-state index is 0.0189. The summed E-state index contributed by atoms with van der Waals surface area (Å²) in [4.78, 5) is 11.8. The minimum Gasteiger partial charge on any atom is -0.389 e. The Morgan fingerprint density at radius 3 is 2.83 bits per heavy atom. The van der Waals surface area contributed by atoms with Gasteiger partial charge in [0.15, 0.2) is 0 Å². The number of carbonyl (C=O) groups is 1. The van der Waals surface area contributed by atoms with Crippen LogP contribution in [0.15, 0.2) is 16.8 Å². The molecule has 4 heteroatoms. The van der Waals surface area contributed by atoms with Gasteiger partial charge in [0.2, 0.25) is 5.91 Å². The Morgan fingerprint density at radius 2 is 2.17 bits per heavy atom. The first-order chi connectivity index (χ1) is 8.68. The van der Waals surface area contributed by atoms with Crippen LogP contribution in [0.4, 0.5) is 0 Å². The van der Waals surface area contributed by atoms with Gasteiger partial charge < -0.3 is 10.4 Å². The van der Waals surface area contributed by atoms with Crippen molar-refractivity contribution in [2.45, 2.75) is 50.5 Å². The van der Waals surface area contributed by atoms with E-state index >= 15 is 0 Å². The third-order valence-electron chi connectivity index (χ3n) is 3.59. The van der Waals surface area contributed by atoms with Crippen LogP contribution < -0.4 is 5.32 Å². The average Bonchev–Trinajstić information content (AvgIpc) is 2.82. The molecule has 0 aromatic carbocycles. The van der Waals surface area contributed by atoms with Crippen LogP contribution in [-0.2, 0) is 11.2 Å². The van der Waals surface area contributed by atoms with Gasteiger partial charge in [-0.3, -0.25) is 4.79 Å². The molecule has 0 atom stereocenters. The molecule has 1 aliphatic rings. The van der Waals surface area contributed by atoms with Crippen molar-refractivity contribution in [3.8, 4) is 0 Å². The van der Waals surface area contributed by atoms with E-state index in [0.717, 1.165) is 32.1 Å². The van der Waals surface area contributed by atoms with Gasteiger partial charge in [-0.25, -0.2) is 0 Å². The van der Waals surface area contributed by atoms with E-state index in [1.807, 2.05) is 5.38 Å². The SMILES string of the molecule is O=C(CC1(O)CCCCC1)NCCc1ccsc1. The monoisotopic (exact) mass is 267 g/mol. The highest BCUT2D eigenvalue weighted by atomic mass is 32.1. The summed E-state index contributed by atoms with van der Waals surface area (Å²) in [5, 5.41) is 17.3. The van der Waals surface area contributed by atoms with E-state index in [2.05, 4.69) is 16.8 Å². The zero-order chi connectivity index (χ0) is 12.8. The maximum atomic E-state index is 11.8.